The first-order valence-electron chi connectivity index (χ1n) is 22.6. The van der Waals surface area contributed by atoms with Crippen LogP contribution in [-0.2, 0) is 14.9 Å². The van der Waals surface area contributed by atoms with Crippen LogP contribution >= 0.6 is 0 Å². The highest BCUT2D eigenvalue weighted by atomic mass is 32.2. The van der Waals surface area contributed by atoms with Crippen LogP contribution in [0.15, 0.2) is 29.2 Å². The summed E-state index contributed by atoms with van der Waals surface area (Å²) in [7, 11) is 0.452. The highest BCUT2D eigenvalue weighted by Gasteiger charge is 2.14. The van der Waals surface area contributed by atoms with Crippen LogP contribution < -0.4 is 5.32 Å². The van der Waals surface area contributed by atoms with E-state index < -0.39 is 10.1 Å². The van der Waals surface area contributed by atoms with E-state index in [2.05, 4.69) is 33.3 Å². The third kappa shape index (κ3) is 37.3. The SMILES string of the molecule is CCCCCCCCCCCCCCCCCC(=O)NCCC[N+](C)(C)CCCCCCCCCCCCCCCC.Cc1ccc(S(=O)(=O)[O-])cc1. The van der Waals surface area contributed by atoms with Crippen molar-refractivity contribution in [2.75, 3.05) is 33.7 Å². The number of amides is 1. The normalized spacial score (nSPS) is 11.7. The van der Waals surface area contributed by atoms with Crippen LogP contribution in [-0.4, -0.2) is 57.1 Å². The Morgan fingerprint density at radius 1 is 0.528 bits per heavy atom. The smallest absolute Gasteiger partial charge is 0.219 e. The lowest BCUT2D eigenvalue weighted by Crippen LogP contribution is -2.42. The number of rotatable bonds is 36. The first kappa shape index (κ1) is 51.6. The minimum absolute atomic E-state index is 0.178. The summed E-state index contributed by atoms with van der Waals surface area (Å²) in [6.45, 7) is 9.69. The summed E-state index contributed by atoms with van der Waals surface area (Å²) in [6, 6.07) is 5.78. The van der Waals surface area contributed by atoms with Crippen LogP contribution in [0.1, 0.15) is 218 Å². The summed E-state index contributed by atoms with van der Waals surface area (Å²) in [5.74, 6) is 0.266. The number of aryl methyl sites for hydroxylation is 1. The van der Waals surface area contributed by atoms with Gasteiger partial charge in [-0.05, 0) is 38.3 Å². The van der Waals surface area contributed by atoms with Gasteiger partial charge in [-0.3, -0.25) is 4.79 Å². The molecular formula is C46H88N2O4S. The number of quaternary nitrogens is 1. The van der Waals surface area contributed by atoms with Gasteiger partial charge in [0, 0.05) is 19.4 Å². The second kappa shape index (κ2) is 36.2. The Bertz CT molecular complexity index is 1040. The first-order valence-corrected chi connectivity index (χ1v) is 24.0. The maximum atomic E-state index is 12.2. The maximum Gasteiger partial charge on any atom is 0.219 e. The van der Waals surface area contributed by atoms with Crippen molar-refractivity contribution >= 4 is 16.0 Å². The molecule has 0 saturated carbocycles. The molecule has 0 aliphatic rings. The molecule has 0 aliphatic carbocycles. The number of nitrogens with one attached hydrogen (secondary N) is 1. The lowest BCUT2D eigenvalue weighted by molar-refractivity contribution is -0.890. The Kier molecular flexibility index (Phi) is 35.2. The van der Waals surface area contributed by atoms with Crippen LogP contribution in [0.5, 0.6) is 0 Å². The summed E-state index contributed by atoms with van der Waals surface area (Å²) in [4.78, 5) is 12.0. The largest absolute Gasteiger partial charge is 0.744 e. The van der Waals surface area contributed by atoms with Crippen molar-refractivity contribution in [3.63, 3.8) is 0 Å². The number of carbonyl (C=O) groups excluding carboxylic acids is 1. The van der Waals surface area contributed by atoms with Gasteiger partial charge < -0.3 is 14.4 Å². The highest BCUT2D eigenvalue weighted by molar-refractivity contribution is 7.85. The molecule has 1 N–H and O–H groups in total. The van der Waals surface area contributed by atoms with E-state index in [0.717, 1.165) is 42.4 Å². The molecule has 6 nitrogen and oxygen atoms in total. The van der Waals surface area contributed by atoms with E-state index in [-0.39, 0.29) is 10.8 Å². The summed E-state index contributed by atoms with van der Waals surface area (Å²) in [5, 5.41) is 3.18. The molecule has 0 unspecified atom stereocenters. The molecule has 0 aliphatic heterocycles. The van der Waals surface area contributed by atoms with Crippen LogP contribution in [0.4, 0.5) is 0 Å². The van der Waals surface area contributed by atoms with Gasteiger partial charge in [-0.25, -0.2) is 8.42 Å². The molecule has 0 radical (unpaired) electrons. The minimum Gasteiger partial charge on any atom is -0.744 e. The lowest BCUT2D eigenvalue weighted by atomic mass is 10.0. The molecule has 1 aromatic carbocycles. The van der Waals surface area contributed by atoms with Gasteiger partial charge in [0.05, 0.1) is 32.1 Å². The number of hydrogen-bond acceptors (Lipinski definition) is 4. The van der Waals surface area contributed by atoms with Crippen LogP contribution in [0, 0.1) is 6.92 Å². The van der Waals surface area contributed by atoms with Gasteiger partial charge in [-0.2, -0.15) is 0 Å². The van der Waals surface area contributed by atoms with Gasteiger partial charge in [0.1, 0.15) is 10.1 Å². The Morgan fingerprint density at radius 2 is 0.849 bits per heavy atom. The van der Waals surface area contributed by atoms with Gasteiger partial charge in [-0.1, -0.05) is 198 Å². The van der Waals surface area contributed by atoms with Crippen molar-refractivity contribution in [2.45, 2.75) is 225 Å². The number of benzene rings is 1. The van der Waals surface area contributed by atoms with Gasteiger partial charge in [-0.15, -0.1) is 0 Å². The van der Waals surface area contributed by atoms with Crippen LogP contribution in [0.3, 0.4) is 0 Å². The van der Waals surface area contributed by atoms with Crippen molar-refractivity contribution in [1.29, 1.82) is 0 Å². The molecule has 0 fully saturated rings. The molecule has 0 aromatic heterocycles. The number of unbranched alkanes of at least 4 members (excludes halogenated alkanes) is 27. The molecule has 0 saturated heterocycles. The zero-order valence-electron chi connectivity index (χ0n) is 35.8. The van der Waals surface area contributed by atoms with Crippen molar-refractivity contribution in [2.24, 2.45) is 0 Å². The van der Waals surface area contributed by atoms with E-state index >= 15 is 0 Å². The summed E-state index contributed by atoms with van der Waals surface area (Å²) in [5.41, 5.74) is 0.928. The molecule has 0 atom stereocenters. The fourth-order valence-corrected chi connectivity index (χ4v) is 7.50. The highest BCUT2D eigenvalue weighted by Crippen LogP contribution is 2.15. The van der Waals surface area contributed by atoms with Gasteiger partial charge in [0.2, 0.25) is 5.91 Å². The van der Waals surface area contributed by atoms with Gasteiger partial charge in [0.15, 0.2) is 0 Å². The van der Waals surface area contributed by atoms with E-state index in [9.17, 15) is 17.8 Å². The van der Waals surface area contributed by atoms with E-state index in [4.69, 9.17) is 0 Å². The maximum absolute atomic E-state index is 12.2. The average molecular weight is 765 g/mol. The predicted octanol–water partition coefficient (Wildman–Crippen LogP) is 13.2. The minimum atomic E-state index is -4.27. The third-order valence-corrected chi connectivity index (χ3v) is 11.5. The van der Waals surface area contributed by atoms with Gasteiger partial charge >= 0.3 is 0 Å². The molecule has 1 rings (SSSR count). The lowest BCUT2D eigenvalue weighted by Gasteiger charge is -2.30. The quantitative estimate of drug-likeness (QED) is 0.0419. The number of nitrogens with zero attached hydrogens (tertiary/aromatic N) is 1. The van der Waals surface area contributed by atoms with Crippen LogP contribution in [0.2, 0.25) is 0 Å². The number of hydrogen-bond donors (Lipinski definition) is 1. The topological polar surface area (TPSA) is 86.3 Å². The van der Waals surface area contributed by atoms with E-state index in [0.29, 0.717) is 0 Å². The predicted molar refractivity (Wildman–Crippen MR) is 228 cm³/mol. The van der Waals surface area contributed by atoms with Crippen molar-refractivity contribution in [3.05, 3.63) is 29.8 Å². The molecule has 53 heavy (non-hydrogen) atoms. The second-order valence-electron chi connectivity index (χ2n) is 16.6. The Hall–Kier alpha value is -1.44. The Labute approximate surface area is 330 Å². The Morgan fingerprint density at radius 3 is 1.21 bits per heavy atom. The third-order valence-electron chi connectivity index (χ3n) is 10.7. The van der Waals surface area contributed by atoms with Crippen molar-refractivity contribution < 1.29 is 22.2 Å². The van der Waals surface area contributed by atoms with Gasteiger partial charge in [0.25, 0.3) is 0 Å². The molecule has 1 amide bonds. The van der Waals surface area contributed by atoms with E-state index in [1.165, 1.54) is 198 Å². The zero-order chi connectivity index (χ0) is 39.3. The fourth-order valence-electron chi connectivity index (χ4n) is 7.03. The molecule has 312 valence electrons. The molecule has 7 heteroatoms. The molecule has 1 aromatic rings. The Balaban J connectivity index is 0.00000207. The standard InChI is InChI=1S/C39H80N2O.C7H8O3S/c1-5-7-9-11-13-15-17-19-21-22-24-26-28-30-32-35-39(42)40-36-34-38-41(3,4)37-33-31-29-27-25-23-20-18-16-14-12-10-8-6-2;1-6-2-4-7(5-3-6)11(8,9)10/h5-38H2,1-4H3;2-5H,1H3,(H,8,9,10). The van der Waals surface area contributed by atoms with Crippen molar-refractivity contribution in [3.8, 4) is 0 Å². The van der Waals surface area contributed by atoms with Crippen LogP contribution in [0.25, 0.3) is 0 Å². The zero-order valence-corrected chi connectivity index (χ0v) is 36.7. The van der Waals surface area contributed by atoms with Crippen molar-refractivity contribution in [1.82, 2.24) is 5.32 Å². The molecule has 0 bridgehead atoms. The first-order chi connectivity index (χ1) is 25.5. The summed E-state index contributed by atoms with van der Waals surface area (Å²) >= 11 is 0. The molecule has 0 heterocycles. The summed E-state index contributed by atoms with van der Waals surface area (Å²) < 4.78 is 32.3. The monoisotopic (exact) mass is 765 g/mol. The summed E-state index contributed by atoms with van der Waals surface area (Å²) in [6.07, 6.45) is 42.3. The molecular weight excluding hydrogens is 677 g/mol. The average Bonchev–Trinajstić information content (AvgIpc) is 3.12. The second-order valence-corrected chi connectivity index (χ2v) is 18.0. The molecule has 0 spiro atoms. The van der Waals surface area contributed by atoms with E-state index in [1.807, 2.05) is 6.92 Å². The fraction of sp³-hybridized carbons (Fsp3) is 0.848. The number of carbonyl (C=O) groups is 1. The van der Waals surface area contributed by atoms with E-state index in [1.54, 1.807) is 12.1 Å².